The molecule has 1 aliphatic rings. The fourth-order valence-electron chi connectivity index (χ4n) is 2.80. The quantitative estimate of drug-likeness (QED) is 0.908. The molecule has 2 atom stereocenters. The molecule has 1 heterocycles. The highest BCUT2D eigenvalue weighted by molar-refractivity contribution is 5.64. The van der Waals surface area contributed by atoms with Crippen molar-refractivity contribution in [2.45, 2.75) is 32.0 Å². The first kappa shape index (κ1) is 14.2. The predicted octanol–water partition coefficient (Wildman–Crippen LogP) is 3.24. The molecular formula is C14H19F3N2. The number of nitrogens with zero attached hydrogens (tertiary/aromatic N) is 1. The summed E-state index contributed by atoms with van der Waals surface area (Å²) in [5.74, 6) is -0.127. The van der Waals surface area contributed by atoms with E-state index in [2.05, 4.69) is 5.32 Å². The molecule has 2 unspecified atom stereocenters. The Labute approximate surface area is 111 Å². The van der Waals surface area contributed by atoms with Gasteiger partial charge in [-0.1, -0.05) is 6.07 Å². The van der Waals surface area contributed by atoms with Gasteiger partial charge in [0.15, 0.2) is 0 Å². The molecule has 0 radical (unpaired) electrons. The SMILES string of the molecule is CCN1CC(C(C)NC)c2c1cccc2C(F)(F)F. The van der Waals surface area contributed by atoms with Crippen molar-refractivity contribution in [3.63, 3.8) is 0 Å². The molecule has 19 heavy (non-hydrogen) atoms. The maximum absolute atomic E-state index is 13.2. The molecule has 2 nitrogen and oxygen atoms in total. The lowest BCUT2D eigenvalue weighted by Gasteiger charge is -2.22. The van der Waals surface area contributed by atoms with E-state index in [0.29, 0.717) is 12.1 Å². The summed E-state index contributed by atoms with van der Waals surface area (Å²) in [7, 11) is 1.79. The number of nitrogens with one attached hydrogen (secondary N) is 1. The highest BCUT2D eigenvalue weighted by Gasteiger charge is 2.41. The van der Waals surface area contributed by atoms with Gasteiger partial charge in [-0.15, -0.1) is 0 Å². The summed E-state index contributed by atoms with van der Waals surface area (Å²) in [4.78, 5) is 2.02. The first-order valence-corrected chi connectivity index (χ1v) is 6.52. The Balaban J connectivity index is 2.56. The second-order valence-electron chi connectivity index (χ2n) is 4.96. The zero-order valence-electron chi connectivity index (χ0n) is 11.4. The topological polar surface area (TPSA) is 15.3 Å². The molecule has 1 aliphatic heterocycles. The minimum atomic E-state index is -4.29. The summed E-state index contributed by atoms with van der Waals surface area (Å²) >= 11 is 0. The van der Waals surface area contributed by atoms with Crippen LogP contribution in [0.5, 0.6) is 0 Å². The predicted molar refractivity (Wildman–Crippen MR) is 70.6 cm³/mol. The van der Waals surface area contributed by atoms with Crippen molar-refractivity contribution in [2.75, 3.05) is 25.0 Å². The monoisotopic (exact) mass is 272 g/mol. The van der Waals surface area contributed by atoms with Crippen molar-refractivity contribution >= 4 is 5.69 Å². The molecule has 106 valence electrons. The van der Waals surface area contributed by atoms with Crippen LogP contribution in [-0.2, 0) is 6.18 Å². The maximum atomic E-state index is 13.2. The van der Waals surface area contributed by atoms with E-state index in [1.807, 2.05) is 18.7 Å². The normalized spacial score (nSPS) is 20.5. The number of halogens is 3. The van der Waals surface area contributed by atoms with Gasteiger partial charge in [0.1, 0.15) is 0 Å². The number of benzene rings is 1. The Morgan fingerprint density at radius 2 is 2.11 bits per heavy atom. The number of likely N-dealkylation sites (N-methyl/N-ethyl adjacent to an activating group) is 2. The molecule has 1 aromatic carbocycles. The first-order chi connectivity index (χ1) is 8.90. The van der Waals surface area contributed by atoms with Crippen LogP contribution in [0.4, 0.5) is 18.9 Å². The standard InChI is InChI=1S/C14H19F3N2/c1-4-19-8-10(9(2)18-3)13-11(14(15,16)17)6-5-7-12(13)19/h5-7,9-10,18H,4,8H2,1-3H3. The fraction of sp³-hybridized carbons (Fsp3) is 0.571. The molecule has 2 rings (SSSR count). The van der Waals surface area contributed by atoms with E-state index < -0.39 is 11.7 Å². The Morgan fingerprint density at radius 1 is 1.42 bits per heavy atom. The summed E-state index contributed by atoms with van der Waals surface area (Å²) in [6.45, 7) is 5.26. The number of fused-ring (bicyclic) bond motifs is 1. The van der Waals surface area contributed by atoms with Crippen molar-refractivity contribution in [3.05, 3.63) is 29.3 Å². The molecule has 0 amide bonds. The number of hydrogen-bond donors (Lipinski definition) is 1. The van der Waals surface area contributed by atoms with Gasteiger partial charge in [-0.3, -0.25) is 0 Å². The highest BCUT2D eigenvalue weighted by atomic mass is 19.4. The lowest BCUT2D eigenvalue weighted by molar-refractivity contribution is -0.138. The average molecular weight is 272 g/mol. The minimum absolute atomic E-state index is 0.0128. The van der Waals surface area contributed by atoms with E-state index in [4.69, 9.17) is 0 Å². The number of rotatable bonds is 3. The molecular weight excluding hydrogens is 253 g/mol. The van der Waals surface area contributed by atoms with Gasteiger partial charge >= 0.3 is 6.18 Å². The van der Waals surface area contributed by atoms with E-state index in [1.54, 1.807) is 13.1 Å². The van der Waals surface area contributed by atoms with Crippen LogP contribution in [0.2, 0.25) is 0 Å². The summed E-state index contributed by atoms with van der Waals surface area (Å²) < 4.78 is 39.5. The van der Waals surface area contributed by atoms with E-state index >= 15 is 0 Å². The van der Waals surface area contributed by atoms with Crippen molar-refractivity contribution < 1.29 is 13.2 Å². The zero-order chi connectivity index (χ0) is 14.2. The van der Waals surface area contributed by atoms with Crippen molar-refractivity contribution in [3.8, 4) is 0 Å². The van der Waals surface area contributed by atoms with Gasteiger partial charge in [0.2, 0.25) is 0 Å². The van der Waals surface area contributed by atoms with Crippen LogP contribution in [0.1, 0.15) is 30.9 Å². The van der Waals surface area contributed by atoms with Crippen molar-refractivity contribution in [2.24, 2.45) is 0 Å². The van der Waals surface area contributed by atoms with Crippen LogP contribution in [0.15, 0.2) is 18.2 Å². The highest BCUT2D eigenvalue weighted by Crippen LogP contribution is 2.45. The van der Waals surface area contributed by atoms with E-state index in [0.717, 1.165) is 12.2 Å². The van der Waals surface area contributed by atoms with Crippen molar-refractivity contribution in [1.82, 2.24) is 5.32 Å². The van der Waals surface area contributed by atoms with Gasteiger partial charge in [-0.25, -0.2) is 0 Å². The Morgan fingerprint density at radius 3 is 2.63 bits per heavy atom. The molecule has 1 aromatic rings. The molecule has 0 saturated heterocycles. The van der Waals surface area contributed by atoms with Crippen LogP contribution in [0.25, 0.3) is 0 Å². The lowest BCUT2D eigenvalue weighted by Crippen LogP contribution is -2.33. The summed E-state index contributed by atoms with van der Waals surface area (Å²) in [5.41, 5.74) is 0.677. The third-order valence-corrected chi connectivity index (χ3v) is 3.96. The minimum Gasteiger partial charge on any atom is -0.371 e. The van der Waals surface area contributed by atoms with E-state index in [-0.39, 0.29) is 12.0 Å². The Hall–Kier alpha value is -1.23. The number of anilines is 1. The van der Waals surface area contributed by atoms with Gasteiger partial charge in [-0.05, 0) is 38.6 Å². The van der Waals surface area contributed by atoms with Crippen LogP contribution in [0, 0.1) is 0 Å². The van der Waals surface area contributed by atoms with Gasteiger partial charge in [0.05, 0.1) is 5.56 Å². The molecule has 1 N–H and O–H groups in total. The van der Waals surface area contributed by atoms with Gasteiger partial charge in [-0.2, -0.15) is 13.2 Å². The largest absolute Gasteiger partial charge is 0.416 e. The molecule has 0 fully saturated rings. The summed E-state index contributed by atoms with van der Waals surface area (Å²) in [6, 6.07) is 4.49. The summed E-state index contributed by atoms with van der Waals surface area (Å²) in [5, 5.41) is 3.08. The molecule has 5 heteroatoms. The third kappa shape index (κ3) is 2.43. The first-order valence-electron chi connectivity index (χ1n) is 6.52. The number of hydrogen-bond acceptors (Lipinski definition) is 2. The van der Waals surface area contributed by atoms with Crippen molar-refractivity contribution in [1.29, 1.82) is 0 Å². The maximum Gasteiger partial charge on any atom is 0.416 e. The van der Waals surface area contributed by atoms with Gasteiger partial charge in [0.25, 0.3) is 0 Å². The average Bonchev–Trinajstić information content (AvgIpc) is 2.75. The molecule has 0 bridgehead atoms. The van der Waals surface area contributed by atoms with Gasteiger partial charge in [0, 0.05) is 30.7 Å². The Kier molecular flexibility index (Phi) is 3.76. The molecule has 0 saturated carbocycles. The molecule has 0 spiro atoms. The zero-order valence-corrected chi connectivity index (χ0v) is 11.4. The number of alkyl halides is 3. The molecule has 0 aromatic heterocycles. The summed E-state index contributed by atoms with van der Waals surface area (Å²) in [6.07, 6.45) is -4.29. The van der Waals surface area contributed by atoms with Crippen LogP contribution in [0.3, 0.4) is 0 Å². The Bertz CT molecular complexity index is 456. The lowest BCUT2D eigenvalue weighted by atomic mass is 9.90. The van der Waals surface area contributed by atoms with Crippen LogP contribution >= 0.6 is 0 Å². The van der Waals surface area contributed by atoms with Crippen LogP contribution in [-0.4, -0.2) is 26.2 Å². The smallest absolute Gasteiger partial charge is 0.371 e. The van der Waals surface area contributed by atoms with Gasteiger partial charge < -0.3 is 10.2 Å². The fourth-order valence-corrected chi connectivity index (χ4v) is 2.80. The van der Waals surface area contributed by atoms with E-state index in [9.17, 15) is 13.2 Å². The third-order valence-electron chi connectivity index (χ3n) is 3.96. The second kappa shape index (κ2) is 5.04. The molecule has 0 aliphatic carbocycles. The van der Waals surface area contributed by atoms with E-state index in [1.165, 1.54) is 12.1 Å². The second-order valence-corrected chi connectivity index (χ2v) is 4.96. The van der Waals surface area contributed by atoms with Crippen LogP contribution < -0.4 is 10.2 Å².